The Morgan fingerprint density at radius 1 is 1.38 bits per heavy atom. The number of hydrogen-bond acceptors (Lipinski definition) is 2. The van der Waals surface area contributed by atoms with Crippen molar-refractivity contribution in [1.29, 1.82) is 0 Å². The van der Waals surface area contributed by atoms with Crippen molar-refractivity contribution in [2.24, 2.45) is 0 Å². The molecule has 0 unspecified atom stereocenters. The molecule has 0 bridgehead atoms. The Morgan fingerprint density at radius 2 is 2.00 bits per heavy atom. The van der Waals surface area contributed by atoms with Gasteiger partial charge in [0.1, 0.15) is 0 Å². The molecule has 2 nitrogen and oxygen atoms in total. The van der Waals surface area contributed by atoms with Gasteiger partial charge in [-0.2, -0.15) is 0 Å². The number of ether oxygens (including phenoxy) is 1. The van der Waals surface area contributed by atoms with Crippen molar-refractivity contribution >= 4 is 26.9 Å². The van der Waals surface area contributed by atoms with Crippen LogP contribution in [0.4, 0.5) is 0 Å². The minimum atomic E-state index is -0.246. The van der Waals surface area contributed by atoms with Gasteiger partial charge in [-0.05, 0) is 0 Å². The molecule has 0 N–H and O–H groups in total. The molecule has 0 rings (SSSR count). The fourth-order valence-electron chi connectivity index (χ4n) is 0.774. The van der Waals surface area contributed by atoms with Crippen LogP contribution in [0.25, 0.3) is 0 Å². The maximum atomic E-state index is 11.5. The third kappa shape index (κ3) is 5.54. The van der Waals surface area contributed by atoms with Gasteiger partial charge in [-0.15, -0.1) is 0 Å². The first kappa shape index (κ1) is 13.3. The van der Waals surface area contributed by atoms with Crippen LogP contribution < -0.4 is 0 Å². The number of carbonyl (C=O) groups is 1. The van der Waals surface area contributed by atoms with Gasteiger partial charge in [0.05, 0.1) is 0 Å². The topological polar surface area (TPSA) is 26.3 Å². The van der Waals surface area contributed by atoms with Crippen LogP contribution in [0.2, 0.25) is 8.43 Å². The molecule has 0 aromatic heterocycles. The van der Waals surface area contributed by atoms with Gasteiger partial charge in [0.15, 0.2) is 0 Å². The fourth-order valence-corrected chi connectivity index (χ4v) is 1.42. The predicted molar refractivity (Wildman–Crippen MR) is 56.1 cm³/mol. The minimum absolute atomic E-state index is 0.00602. The van der Waals surface area contributed by atoms with Gasteiger partial charge >= 0.3 is 91.5 Å². The van der Waals surface area contributed by atoms with E-state index in [0.717, 1.165) is 12.8 Å². The van der Waals surface area contributed by atoms with Crippen LogP contribution in [0, 0.1) is 0 Å². The van der Waals surface area contributed by atoms with E-state index in [9.17, 15) is 4.79 Å². The van der Waals surface area contributed by atoms with Crippen molar-refractivity contribution in [2.45, 2.75) is 48.5 Å². The summed E-state index contributed by atoms with van der Waals surface area (Å²) in [6.45, 7) is 6.71. The van der Waals surface area contributed by atoms with Gasteiger partial charge in [-0.3, -0.25) is 0 Å². The van der Waals surface area contributed by atoms with E-state index < -0.39 is 0 Å². The number of carbonyl (C=O) groups excluding carboxylic acids is 1. The Bertz CT molecular complexity index is 155. The molecule has 0 aliphatic carbocycles. The van der Waals surface area contributed by atoms with E-state index >= 15 is 0 Å². The van der Waals surface area contributed by atoms with Crippen LogP contribution in [0.15, 0.2) is 0 Å². The number of rotatable bonds is 6. The molecule has 0 aromatic rings. The molecule has 0 heterocycles. The monoisotopic (exact) mass is 302 g/mol. The van der Waals surface area contributed by atoms with E-state index in [1.165, 1.54) is 6.42 Å². The van der Waals surface area contributed by atoms with Crippen molar-refractivity contribution in [3.63, 3.8) is 0 Å². The van der Waals surface area contributed by atoms with Crippen LogP contribution in [0.5, 0.6) is 0 Å². The summed E-state index contributed by atoms with van der Waals surface area (Å²) in [5.74, 6) is -0.00602. The molecule has 0 saturated heterocycles. The average Bonchev–Trinajstić information content (AvgIpc) is 2.12. The molecular weight excluding hydrogens is 280 g/mol. The van der Waals surface area contributed by atoms with Gasteiger partial charge < -0.3 is 0 Å². The first-order valence-corrected chi connectivity index (χ1v) is 8.26. The quantitative estimate of drug-likeness (QED) is 0.428. The fraction of sp³-hybridized carbons (Fsp3) is 0.900. The second-order valence-corrected chi connectivity index (χ2v) is 7.64. The predicted octanol–water partition coefficient (Wildman–Crippen LogP) is 2.67. The summed E-state index contributed by atoms with van der Waals surface area (Å²) in [5, 5.41) is 0. The van der Waals surface area contributed by atoms with E-state index in [1.807, 2.05) is 13.8 Å². The summed E-state index contributed by atoms with van der Waals surface area (Å²) >= 11 is -0.246. The Labute approximate surface area is 91.5 Å². The van der Waals surface area contributed by atoms with E-state index in [-0.39, 0.29) is 30.4 Å². The molecule has 0 aliphatic heterocycles. The third-order valence-corrected chi connectivity index (χ3v) is 5.37. The van der Waals surface area contributed by atoms with E-state index in [2.05, 4.69) is 11.9 Å². The molecule has 0 amide bonds. The summed E-state index contributed by atoms with van der Waals surface area (Å²) in [4.78, 5) is 13.6. The van der Waals surface area contributed by atoms with Crippen molar-refractivity contribution < 1.29 is 9.53 Å². The number of esters is 1. The van der Waals surface area contributed by atoms with Gasteiger partial charge in [0.2, 0.25) is 0 Å². The van der Waals surface area contributed by atoms with Crippen molar-refractivity contribution in [3.8, 4) is 0 Å². The van der Waals surface area contributed by atoms with E-state index in [0.29, 0.717) is 6.61 Å². The zero-order valence-corrected chi connectivity index (χ0v) is 11.4. The van der Waals surface area contributed by atoms with Crippen LogP contribution in [0.3, 0.4) is 0 Å². The Balaban J connectivity index is 3.62. The van der Waals surface area contributed by atoms with Crippen LogP contribution in [-0.4, -0.2) is 33.5 Å². The van der Waals surface area contributed by atoms with Crippen molar-refractivity contribution in [1.82, 2.24) is 0 Å². The second-order valence-electron chi connectivity index (χ2n) is 3.56. The average molecular weight is 300 g/mol. The van der Waals surface area contributed by atoms with Crippen LogP contribution in [-0.2, 0) is 9.53 Å². The third-order valence-electron chi connectivity index (χ3n) is 1.98. The SMILES string of the molecule is CCCCCOC(=O)C(C)(C)[Te]C. The van der Waals surface area contributed by atoms with Gasteiger partial charge in [-0.1, -0.05) is 0 Å². The molecule has 0 aliphatic rings. The summed E-state index contributed by atoms with van der Waals surface area (Å²) in [6.07, 6.45) is 3.32. The summed E-state index contributed by atoms with van der Waals surface area (Å²) in [7, 11) is 0. The first-order chi connectivity index (χ1) is 6.04. The molecule has 13 heavy (non-hydrogen) atoms. The van der Waals surface area contributed by atoms with Crippen molar-refractivity contribution in [3.05, 3.63) is 0 Å². The Morgan fingerprint density at radius 3 is 2.46 bits per heavy atom. The zero-order valence-electron chi connectivity index (χ0n) is 9.05. The summed E-state index contributed by atoms with van der Waals surface area (Å²) in [5.41, 5.74) is 0. The molecule has 0 saturated carbocycles. The molecule has 0 radical (unpaired) electrons. The Kier molecular flexibility index (Phi) is 6.81. The maximum absolute atomic E-state index is 11.5. The summed E-state index contributed by atoms with van der Waals surface area (Å²) < 4.78 is 5.01. The Hall–Kier alpha value is 0.260. The van der Waals surface area contributed by atoms with Gasteiger partial charge in [0, 0.05) is 0 Å². The molecule has 0 spiro atoms. The first-order valence-electron chi connectivity index (χ1n) is 4.77. The molecule has 3 heteroatoms. The standard InChI is InChI=1S/C10H20O2Te/c1-5-6-7-8-12-9(11)10(2,3)13-4/h5-8H2,1-4H3. The van der Waals surface area contributed by atoms with Crippen molar-refractivity contribution in [2.75, 3.05) is 6.61 Å². The second kappa shape index (κ2) is 6.67. The normalized spacial score (nSPS) is 11.4. The number of unbranched alkanes of at least 4 members (excludes halogenated alkanes) is 2. The molecule has 0 fully saturated rings. The molecule has 0 aromatic carbocycles. The molecule has 0 atom stereocenters. The van der Waals surface area contributed by atoms with Crippen LogP contribution >= 0.6 is 0 Å². The molecular formula is C10H20O2Te. The van der Waals surface area contributed by atoms with E-state index in [4.69, 9.17) is 4.74 Å². The number of hydrogen-bond donors (Lipinski definition) is 0. The van der Waals surface area contributed by atoms with Gasteiger partial charge in [0.25, 0.3) is 0 Å². The van der Waals surface area contributed by atoms with Crippen LogP contribution in [0.1, 0.15) is 40.0 Å². The summed E-state index contributed by atoms with van der Waals surface area (Å²) in [6, 6.07) is 0. The van der Waals surface area contributed by atoms with E-state index in [1.54, 1.807) is 0 Å². The molecule has 78 valence electrons. The van der Waals surface area contributed by atoms with Gasteiger partial charge in [-0.25, -0.2) is 0 Å². The zero-order chi connectivity index (χ0) is 10.3.